The molecule has 1 N–H and O–H groups in total. The molecule has 1 aliphatic heterocycles. The molecule has 1 aliphatic carbocycles. The van der Waals surface area contributed by atoms with Gasteiger partial charge in [-0.25, -0.2) is 0 Å². The van der Waals surface area contributed by atoms with E-state index < -0.39 is 0 Å². The Kier molecular flexibility index (Phi) is 4.96. The lowest BCUT2D eigenvalue weighted by atomic mass is 9.60. The molecule has 2 aliphatic rings. The van der Waals surface area contributed by atoms with E-state index in [4.69, 9.17) is 27.9 Å². The number of carbonyl (C=O) groups is 1. The van der Waals surface area contributed by atoms with E-state index in [9.17, 15) is 4.79 Å². The fraction of sp³-hybridized carbons (Fsp3) is 0.588. The Morgan fingerprint density at radius 2 is 2.00 bits per heavy atom. The van der Waals surface area contributed by atoms with E-state index in [1.807, 2.05) is 12.1 Å². The molecule has 1 atom stereocenters. The summed E-state index contributed by atoms with van der Waals surface area (Å²) >= 11 is 11.9. The topological polar surface area (TPSA) is 38.3 Å². The van der Waals surface area contributed by atoms with Gasteiger partial charge in [-0.1, -0.05) is 29.3 Å². The van der Waals surface area contributed by atoms with Crippen LogP contribution in [-0.4, -0.2) is 25.2 Å². The zero-order valence-corrected chi connectivity index (χ0v) is 14.1. The second-order valence-corrected chi connectivity index (χ2v) is 7.20. The Morgan fingerprint density at radius 1 is 1.23 bits per heavy atom. The highest BCUT2D eigenvalue weighted by molar-refractivity contribution is 6.42. The van der Waals surface area contributed by atoms with Gasteiger partial charge in [0, 0.05) is 25.7 Å². The molecular weight excluding hydrogens is 321 g/mol. The fourth-order valence-corrected chi connectivity index (χ4v) is 3.84. The van der Waals surface area contributed by atoms with Crippen LogP contribution in [0.25, 0.3) is 0 Å². The maximum atomic E-state index is 12.2. The van der Waals surface area contributed by atoms with Crippen molar-refractivity contribution >= 4 is 29.1 Å². The summed E-state index contributed by atoms with van der Waals surface area (Å²) in [6, 6.07) is 5.86. The van der Waals surface area contributed by atoms with Gasteiger partial charge in [-0.2, -0.15) is 0 Å². The minimum Gasteiger partial charge on any atom is -0.381 e. The molecule has 5 heteroatoms. The van der Waals surface area contributed by atoms with Gasteiger partial charge in [0.2, 0.25) is 5.91 Å². The quantitative estimate of drug-likeness (QED) is 0.898. The van der Waals surface area contributed by atoms with E-state index in [1.165, 1.54) is 6.42 Å². The molecule has 120 valence electrons. The van der Waals surface area contributed by atoms with Crippen molar-refractivity contribution in [3.63, 3.8) is 0 Å². The summed E-state index contributed by atoms with van der Waals surface area (Å²) in [7, 11) is 0. The van der Waals surface area contributed by atoms with Crippen molar-refractivity contribution < 1.29 is 9.53 Å². The third-order valence-corrected chi connectivity index (χ3v) is 5.86. The van der Waals surface area contributed by atoms with Gasteiger partial charge >= 0.3 is 0 Å². The number of hydrogen-bond acceptors (Lipinski definition) is 2. The van der Waals surface area contributed by atoms with Crippen molar-refractivity contribution in [2.24, 2.45) is 5.41 Å². The predicted molar refractivity (Wildman–Crippen MR) is 88.4 cm³/mol. The summed E-state index contributed by atoms with van der Waals surface area (Å²) in [5.41, 5.74) is 1.34. The zero-order chi connectivity index (χ0) is 15.6. The van der Waals surface area contributed by atoms with E-state index in [0.29, 0.717) is 34.3 Å². The lowest BCUT2D eigenvalue weighted by Crippen LogP contribution is -2.57. The summed E-state index contributed by atoms with van der Waals surface area (Å²) in [6.45, 7) is 1.66. The minimum atomic E-state index is 0.127. The Morgan fingerprint density at radius 3 is 2.64 bits per heavy atom. The highest BCUT2D eigenvalue weighted by Crippen LogP contribution is 2.48. The molecular formula is C17H21Cl2NO2. The van der Waals surface area contributed by atoms with Crippen LogP contribution in [0.2, 0.25) is 10.0 Å². The van der Waals surface area contributed by atoms with Gasteiger partial charge in [0.25, 0.3) is 0 Å². The van der Waals surface area contributed by atoms with Gasteiger partial charge in [-0.05, 0) is 55.2 Å². The first-order valence-electron chi connectivity index (χ1n) is 7.90. The second-order valence-electron chi connectivity index (χ2n) is 6.38. The molecule has 2 fully saturated rings. The van der Waals surface area contributed by atoms with Crippen LogP contribution in [-0.2, 0) is 16.0 Å². The number of amides is 1. The standard InChI is InChI=1S/C17H21Cl2NO2/c18-13-3-1-12(11-14(13)19)2-4-16(21)20-15-5-6-17(15)7-9-22-10-8-17/h1,3,11,15H,2,4-10H2,(H,20,21). The van der Waals surface area contributed by atoms with Crippen molar-refractivity contribution in [2.45, 2.75) is 44.6 Å². The molecule has 3 rings (SSSR count). The molecule has 1 saturated carbocycles. The number of halogens is 2. The van der Waals surface area contributed by atoms with Crippen LogP contribution in [0.5, 0.6) is 0 Å². The zero-order valence-electron chi connectivity index (χ0n) is 12.5. The first-order chi connectivity index (χ1) is 10.6. The van der Waals surface area contributed by atoms with E-state index in [2.05, 4.69) is 5.32 Å². The first-order valence-corrected chi connectivity index (χ1v) is 8.66. The van der Waals surface area contributed by atoms with Crippen LogP contribution in [0, 0.1) is 5.41 Å². The molecule has 0 radical (unpaired) electrons. The maximum Gasteiger partial charge on any atom is 0.220 e. The van der Waals surface area contributed by atoms with Crippen LogP contribution in [0.1, 0.15) is 37.7 Å². The van der Waals surface area contributed by atoms with Crippen LogP contribution in [0.3, 0.4) is 0 Å². The molecule has 1 unspecified atom stereocenters. The molecule has 1 spiro atoms. The normalized spacial score (nSPS) is 23.1. The van der Waals surface area contributed by atoms with Crippen molar-refractivity contribution in [2.75, 3.05) is 13.2 Å². The molecule has 0 aromatic heterocycles. The average molecular weight is 342 g/mol. The molecule has 1 saturated heterocycles. The minimum absolute atomic E-state index is 0.127. The molecule has 3 nitrogen and oxygen atoms in total. The highest BCUT2D eigenvalue weighted by atomic mass is 35.5. The van der Waals surface area contributed by atoms with E-state index in [-0.39, 0.29) is 5.91 Å². The number of carbonyl (C=O) groups excluding carboxylic acids is 1. The van der Waals surface area contributed by atoms with E-state index in [0.717, 1.165) is 38.0 Å². The number of rotatable bonds is 4. The average Bonchev–Trinajstić information content (AvgIpc) is 2.53. The van der Waals surface area contributed by atoms with Gasteiger partial charge < -0.3 is 10.1 Å². The van der Waals surface area contributed by atoms with Gasteiger partial charge in [-0.15, -0.1) is 0 Å². The number of hydrogen-bond donors (Lipinski definition) is 1. The van der Waals surface area contributed by atoms with Crippen LogP contribution in [0.4, 0.5) is 0 Å². The number of aryl methyl sites for hydroxylation is 1. The maximum absolute atomic E-state index is 12.2. The lowest BCUT2D eigenvalue weighted by molar-refractivity contribution is -0.127. The highest BCUT2D eigenvalue weighted by Gasteiger charge is 2.47. The monoisotopic (exact) mass is 341 g/mol. The van der Waals surface area contributed by atoms with Crippen molar-refractivity contribution in [1.82, 2.24) is 5.32 Å². The smallest absolute Gasteiger partial charge is 0.220 e. The summed E-state index contributed by atoms with van der Waals surface area (Å²) in [5.74, 6) is 0.127. The first kappa shape index (κ1) is 16.1. The van der Waals surface area contributed by atoms with E-state index >= 15 is 0 Å². The van der Waals surface area contributed by atoms with Gasteiger partial charge in [0.15, 0.2) is 0 Å². The lowest BCUT2D eigenvalue weighted by Gasteiger charge is -2.52. The van der Waals surface area contributed by atoms with Crippen LogP contribution >= 0.6 is 23.2 Å². The third kappa shape index (κ3) is 3.42. The Hall–Kier alpha value is -0.770. The summed E-state index contributed by atoms with van der Waals surface area (Å²) < 4.78 is 5.44. The predicted octanol–water partition coefficient (Wildman–Crippen LogP) is 4.00. The van der Waals surface area contributed by atoms with E-state index in [1.54, 1.807) is 6.07 Å². The number of benzene rings is 1. The second kappa shape index (κ2) is 6.77. The number of ether oxygens (including phenoxy) is 1. The van der Waals surface area contributed by atoms with Gasteiger partial charge in [0.1, 0.15) is 0 Å². The Labute approximate surface area is 141 Å². The summed E-state index contributed by atoms with van der Waals surface area (Å²) in [5, 5.41) is 4.31. The SMILES string of the molecule is O=C(CCc1ccc(Cl)c(Cl)c1)NC1CCC12CCOCC2. The molecule has 0 bridgehead atoms. The van der Waals surface area contributed by atoms with Crippen LogP contribution < -0.4 is 5.32 Å². The van der Waals surface area contributed by atoms with Crippen molar-refractivity contribution in [1.29, 1.82) is 0 Å². The molecule has 1 aromatic carbocycles. The van der Waals surface area contributed by atoms with Crippen LogP contribution in [0.15, 0.2) is 18.2 Å². The molecule has 1 heterocycles. The summed E-state index contributed by atoms with van der Waals surface area (Å²) in [6.07, 6.45) is 5.63. The van der Waals surface area contributed by atoms with Crippen molar-refractivity contribution in [3.05, 3.63) is 33.8 Å². The Balaban J connectivity index is 1.49. The van der Waals surface area contributed by atoms with Crippen molar-refractivity contribution in [3.8, 4) is 0 Å². The summed E-state index contributed by atoms with van der Waals surface area (Å²) in [4.78, 5) is 12.2. The Bertz CT molecular complexity index is 556. The molecule has 22 heavy (non-hydrogen) atoms. The fourth-order valence-electron chi connectivity index (χ4n) is 3.52. The molecule has 1 aromatic rings. The largest absolute Gasteiger partial charge is 0.381 e. The van der Waals surface area contributed by atoms with Gasteiger partial charge in [-0.3, -0.25) is 4.79 Å². The number of nitrogens with one attached hydrogen (secondary N) is 1. The van der Waals surface area contributed by atoms with Gasteiger partial charge in [0.05, 0.1) is 10.0 Å². The third-order valence-electron chi connectivity index (χ3n) is 5.12. The molecule has 1 amide bonds.